The van der Waals surface area contributed by atoms with Gasteiger partial charge in [-0.25, -0.2) is 0 Å². The van der Waals surface area contributed by atoms with Gasteiger partial charge in [-0.2, -0.15) is 0 Å². The molecule has 3 rings (SSSR count). The molecular weight excluding hydrogens is 494 g/mol. The number of esters is 2. The highest BCUT2D eigenvalue weighted by Gasteiger charge is 2.25. The molecule has 7 heteroatoms. The van der Waals surface area contributed by atoms with Crippen molar-refractivity contribution in [1.29, 1.82) is 0 Å². The average molecular weight is 540 g/mol. The van der Waals surface area contributed by atoms with Crippen molar-refractivity contribution in [3.05, 3.63) is 71.8 Å². The highest BCUT2D eigenvalue weighted by atomic mass is 16.7. The molecule has 0 radical (unpaired) electrons. The molecule has 1 aliphatic rings. The van der Waals surface area contributed by atoms with Gasteiger partial charge in [0.1, 0.15) is 13.4 Å². The first-order chi connectivity index (χ1) is 19.1. The molecule has 1 unspecified atom stereocenters. The molecule has 1 fully saturated rings. The molecule has 1 heterocycles. The standard InChI is InChI=1S/C32H45NO6/c1-33-20-18-30(19-21-33)32(35)39-25-29(16-10-17-31(34)38-24-28-13-6-3-7-14-28)15-8-9-22-36-26-37-23-27-11-4-2-5-12-27/h2-7,11-14,29-30H,8-10,15-26H2,1H3. The molecule has 0 aliphatic carbocycles. The van der Waals surface area contributed by atoms with Crippen molar-refractivity contribution in [2.45, 2.75) is 64.6 Å². The molecule has 1 atom stereocenters. The molecule has 0 amide bonds. The second kappa shape index (κ2) is 18.5. The lowest BCUT2D eigenvalue weighted by molar-refractivity contribution is -0.152. The van der Waals surface area contributed by atoms with E-state index in [1.807, 2.05) is 60.7 Å². The van der Waals surface area contributed by atoms with Gasteiger partial charge in [-0.15, -0.1) is 0 Å². The predicted octanol–water partition coefficient (Wildman–Crippen LogP) is 5.76. The van der Waals surface area contributed by atoms with Gasteiger partial charge in [-0.1, -0.05) is 67.1 Å². The molecule has 1 aliphatic heterocycles. The van der Waals surface area contributed by atoms with Crippen LogP contribution in [0.3, 0.4) is 0 Å². The Labute approximate surface area is 233 Å². The molecule has 7 nitrogen and oxygen atoms in total. The van der Waals surface area contributed by atoms with Crippen molar-refractivity contribution in [2.24, 2.45) is 11.8 Å². The number of carbonyl (C=O) groups is 2. The minimum absolute atomic E-state index is 0.000833. The first-order valence-electron chi connectivity index (χ1n) is 14.3. The number of hydrogen-bond donors (Lipinski definition) is 0. The van der Waals surface area contributed by atoms with Gasteiger partial charge in [0.05, 0.1) is 19.1 Å². The van der Waals surface area contributed by atoms with Crippen molar-refractivity contribution in [3.8, 4) is 0 Å². The number of ether oxygens (including phenoxy) is 4. The van der Waals surface area contributed by atoms with E-state index in [0.29, 0.717) is 39.3 Å². The Morgan fingerprint density at radius 2 is 1.46 bits per heavy atom. The van der Waals surface area contributed by atoms with Crippen LogP contribution in [0.15, 0.2) is 60.7 Å². The van der Waals surface area contributed by atoms with E-state index in [2.05, 4.69) is 11.9 Å². The third-order valence-corrected chi connectivity index (χ3v) is 7.18. The van der Waals surface area contributed by atoms with Crippen LogP contribution in [-0.2, 0) is 41.8 Å². The van der Waals surface area contributed by atoms with E-state index >= 15 is 0 Å². The summed E-state index contributed by atoms with van der Waals surface area (Å²) in [5.74, 6) is -0.0466. The third kappa shape index (κ3) is 13.2. The number of piperidine rings is 1. The normalized spacial score (nSPS) is 15.1. The zero-order chi connectivity index (χ0) is 27.5. The molecule has 1 saturated heterocycles. The molecule has 0 saturated carbocycles. The molecule has 0 N–H and O–H groups in total. The first kappa shape index (κ1) is 30.8. The number of nitrogens with zero attached hydrogens (tertiary/aromatic N) is 1. The van der Waals surface area contributed by atoms with Crippen LogP contribution in [-0.4, -0.2) is 57.0 Å². The van der Waals surface area contributed by atoms with Gasteiger partial charge >= 0.3 is 11.9 Å². The van der Waals surface area contributed by atoms with E-state index in [1.165, 1.54) is 0 Å². The summed E-state index contributed by atoms with van der Waals surface area (Å²) >= 11 is 0. The van der Waals surface area contributed by atoms with E-state index in [-0.39, 0.29) is 30.6 Å². The fraction of sp³-hybridized carbons (Fsp3) is 0.562. The van der Waals surface area contributed by atoms with Gasteiger partial charge < -0.3 is 23.8 Å². The molecule has 0 aromatic heterocycles. The van der Waals surface area contributed by atoms with E-state index in [9.17, 15) is 9.59 Å². The van der Waals surface area contributed by atoms with Gasteiger partial charge in [-0.3, -0.25) is 9.59 Å². The molecule has 39 heavy (non-hydrogen) atoms. The van der Waals surface area contributed by atoms with E-state index in [0.717, 1.165) is 62.7 Å². The summed E-state index contributed by atoms with van der Waals surface area (Å²) in [5.41, 5.74) is 2.11. The number of hydrogen-bond acceptors (Lipinski definition) is 7. The molecule has 2 aromatic rings. The van der Waals surface area contributed by atoms with Crippen LogP contribution in [0, 0.1) is 11.8 Å². The zero-order valence-corrected chi connectivity index (χ0v) is 23.4. The zero-order valence-electron chi connectivity index (χ0n) is 23.4. The quantitative estimate of drug-likeness (QED) is 0.135. The molecule has 2 aromatic carbocycles. The fourth-order valence-corrected chi connectivity index (χ4v) is 4.71. The Balaban J connectivity index is 1.32. The van der Waals surface area contributed by atoms with Crippen LogP contribution in [0.5, 0.6) is 0 Å². The van der Waals surface area contributed by atoms with Crippen molar-refractivity contribution in [3.63, 3.8) is 0 Å². The lowest BCUT2D eigenvalue weighted by Crippen LogP contribution is -2.34. The number of benzene rings is 2. The Morgan fingerprint density at radius 1 is 0.821 bits per heavy atom. The predicted molar refractivity (Wildman–Crippen MR) is 151 cm³/mol. The Morgan fingerprint density at radius 3 is 2.15 bits per heavy atom. The van der Waals surface area contributed by atoms with Crippen LogP contribution in [0.4, 0.5) is 0 Å². The summed E-state index contributed by atoms with van der Waals surface area (Å²) in [5, 5.41) is 0. The number of likely N-dealkylation sites (tertiary alicyclic amines) is 1. The summed E-state index contributed by atoms with van der Waals surface area (Å²) in [6.07, 6.45) is 6.42. The summed E-state index contributed by atoms with van der Waals surface area (Å²) in [7, 11) is 2.08. The van der Waals surface area contributed by atoms with Gasteiger partial charge in [0.2, 0.25) is 0 Å². The second-order valence-electron chi connectivity index (χ2n) is 10.5. The highest BCUT2D eigenvalue weighted by Crippen LogP contribution is 2.21. The van der Waals surface area contributed by atoms with Crippen LogP contribution in [0.25, 0.3) is 0 Å². The van der Waals surface area contributed by atoms with Crippen molar-refractivity contribution in [2.75, 3.05) is 40.1 Å². The SMILES string of the molecule is CN1CCC(C(=O)OCC(CCCCOCOCc2ccccc2)CCCC(=O)OCc2ccccc2)CC1. The lowest BCUT2D eigenvalue weighted by Gasteiger charge is -2.28. The highest BCUT2D eigenvalue weighted by molar-refractivity contribution is 5.72. The maximum absolute atomic E-state index is 12.6. The van der Waals surface area contributed by atoms with E-state index in [4.69, 9.17) is 18.9 Å². The fourth-order valence-electron chi connectivity index (χ4n) is 4.71. The molecular formula is C32H45NO6. The Bertz CT molecular complexity index is 930. The minimum atomic E-state index is -0.190. The van der Waals surface area contributed by atoms with Crippen LogP contribution < -0.4 is 0 Å². The minimum Gasteiger partial charge on any atom is -0.465 e. The molecule has 0 bridgehead atoms. The largest absolute Gasteiger partial charge is 0.465 e. The smallest absolute Gasteiger partial charge is 0.309 e. The van der Waals surface area contributed by atoms with E-state index < -0.39 is 0 Å². The van der Waals surface area contributed by atoms with Crippen molar-refractivity contribution in [1.82, 2.24) is 4.90 Å². The maximum atomic E-state index is 12.6. The van der Waals surface area contributed by atoms with Gasteiger partial charge in [0, 0.05) is 13.0 Å². The summed E-state index contributed by atoms with van der Waals surface area (Å²) < 4.78 is 22.4. The first-order valence-corrected chi connectivity index (χ1v) is 14.3. The summed E-state index contributed by atoms with van der Waals surface area (Å²) in [6.45, 7) is 4.02. The number of rotatable bonds is 18. The maximum Gasteiger partial charge on any atom is 0.309 e. The van der Waals surface area contributed by atoms with Crippen molar-refractivity contribution >= 4 is 11.9 Å². The third-order valence-electron chi connectivity index (χ3n) is 7.18. The van der Waals surface area contributed by atoms with Gasteiger partial charge in [-0.05, 0) is 75.7 Å². The molecule has 214 valence electrons. The van der Waals surface area contributed by atoms with Crippen LogP contribution >= 0.6 is 0 Å². The Hall–Kier alpha value is -2.74. The summed E-state index contributed by atoms with van der Waals surface area (Å²) in [4.78, 5) is 27.1. The van der Waals surface area contributed by atoms with Crippen LogP contribution in [0.1, 0.15) is 62.5 Å². The van der Waals surface area contributed by atoms with Crippen molar-refractivity contribution < 1.29 is 28.5 Å². The van der Waals surface area contributed by atoms with Gasteiger partial charge in [0.25, 0.3) is 0 Å². The Kier molecular flexibility index (Phi) is 14.6. The van der Waals surface area contributed by atoms with Crippen LogP contribution in [0.2, 0.25) is 0 Å². The van der Waals surface area contributed by atoms with Gasteiger partial charge in [0.15, 0.2) is 0 Å². The topological polar surface area (TPSA) is 74.3 Å². The average Bonchev–Trinajstić information content (AvgIpc) is 2.97. The number of carbonyl (C=O) groups excluding carboxylic acids is 2. The summed E-state index contributed by atoms with van der Waals surface area (Å²) in [6, 6.07) is 19.7. The van der Waals surface area contributed by atoms with E-state index in [1.54, 1.807) is 0 Å². The molecule has 0 spiro atoms. The lowest BCUT2D eigenvalue weighted by atomic mass is 9.95. The second-order valence-corrected chi connectivity index (χ2v) is 10.5. The monoisotopic (exact) mass is 539 g/mol. The number of unbranched alkanes of at least 4 members (excludes halogenated alkanes) is 1.